The summed E-state index contributed by atoms with van der Waals surface area (Å²) in [7, 11) is 0. The highest BCUT2D eigenvalue weighted by Gasteiger charge is 2.29. The molecule has 0 fully saturated rings. The molecule has 0 bridgehead atoms. The van der Waals surface area contributed by atoms with E-state index in [0.717, 1.165) is 17.7 Å². The molecule has 25 heavy (non-hydrogen) atoms. The number of H-pyrrole nitrogens is 1. The Morgan fingerprint density at radius 1 is 0.920 bits per heavy atom. The molecule has 6 heteroatoms. The van der Waals surface area contributed by atoms with E-state index in [1.165, 1.54) is 12.1 Å². The van der Waals surface area contributed by atoms with Crippen LogP contribution in [-0.2, 0) is 6.18 Å². The second-order valence-electron chi connectivity index (χ2n) is 5.35. The monoisotopic (exact) mass is 342 g/mol. The van der Waals surface area contributed by atoms with Crippen LogP contribution in [0.4, 0.5) is 13.2 Å². The number of benzene rings is 2. The van der Waals surface area contributed by atoms with E-state index in [-0.39, 0.29) is 0 Å². The van der Waals surface area contributed by atoms with Gasteiger partial charge in [-0.15, -0.1) is 0 Å². The normalized spacial score (nSPS) is 11.8. The molecule has 0 unspecified atom stereocenters. The van der Waals surface area contributed by atoms with Crippen LogP contribution in [0, 0.1) is 0 Å². The third-order valence-electron chi connectivity index (χ3n) is 3.53. The average Bonchev–Trinajstić information content (AvgIpc) is 2.60. The summed E-state index contributed by atoms with van der Waals surface area (Å²) in [6, 6.07) is 15.7. The third kappa shape index (κ3) is 4.23. The van der Waals surface area contributed by atoms with Gasteiger partial charge in [0, 0.05) is 11.3 Å². The topological polar surface area (TPSA) is 45.8 Å². The Hall–Kier alpha value is -3.15. The van der Waals surface area contributed by atoms with Gasteiger partial charge in [-0.2, -0.15) is 18.2 Å². The summed E-state index contributed by atoms with van der Waals surface area (Å²) in [5.41, 5.74) is 1.24. The molecule has 0 aliphatic carbocycles. The summed E-state index contributed by atoms with van der Waals surface area (Å²) in [4.78, 5) is 18.2. The fourth-order valence-electron chi connectivity index (χ4n) is 2.29. The lowest BCUT2D eigenvalue weighted by atomic mass is 10.1. The van der Waals surface area contributed by atoms with Gasteiger partial charge >= 0.3 is 11.9 Å². The zero-order valence-electron chi connectivity index (χ0n) is 12.9. The molecule has 0 radical (unpaired) electrons. The van der Waals surface area contributed by atoms with Crippen molar-refractivity contribution in [1.82, 2.24) is 9.97 Å². The van der Waals surface area contributed by atoms with Crippen LogP contribution in [-0.4, -0.2) is 9.97 Å². The summed E-state index contributed by atoms with van der Waals surface area (Å²) in [6.07, 6.45) is -1.11. The minimum Gasteiger partial charge on any atom is -0.306 e. The molecule has 0 aliphatic heterocycles. The van der Waals surface area contributed by atoms with Crippen molar-refractivity contribution in [1.29, 1.82) is 0 Å². The maximum absolute atomic E-state index is 12.6. The molecule has 1 aromatic heterocycles. The zero-order valence-corrected chi connectivity index (χ0v) is 12.9. The Balaban J connectivity index is 1.87. The van der Waals surface area contributed by atoms with E-state index in [0.29, 0.717) is 17.0 Å². The Labute approximate surface area is 141 Å². The van der Waals surface area contributed by atoms with Gasteiger partial charge in [0.25, 0.3) is 0 Å². The molecule has 2 aromatic carbocycles. The predicted octanol–water partition coefficient (Wildman–Crippen LogP) is 4.63. The van der Waals surface area contributed by atoms with Gasteiger partial charge in [0.2, 0.25) is 0 Å². The molecule has 3 nitrogen and oxygen atoms in total. The van der Waals surface area contributed by atoms with Crippen LogP contribution in [0.15, 0.2) is 65.5 Å². The fraction of sp³-hybridized carbons (Fsp3) is 0.0526. The minimum absolute atomic E-state index is 0.492. The molecule has 126 valence electrons. The first-order valence-electron chi connectivity index (χ1n) is 7.44. The summed E-state index contributed by atoms with van der Waals surface area (Å²) in [6.45, 7) is 0. The van der Waals surface area contributed by atoms with E-state index in [1.54, 1.807) is 18.2 Å². The van der Waals surface area contributed by atoms with E-state index in [4.69, 9.17) is 0 Å². The van der Waals surface area contributed by atoms with Crippen LogP contribution >= 0.6 is 0 Å². The minimum atomic E-state index is -4.36. The Morgan fingerprint density at radius 3 is 2.24 bits per heavy atom. The summed E-state index contributed by atoms with van der Waals surface area (Å²) < 4.78 is 37.7. The van der Waals surface area contributed by atoms with Crippen molar-refractivity contribution in [3.8, 4) is 11.3 Å². The van der Waals surface area contributed by atoms with Gasteiger partial charge in [0.1, 0.15) is 0 Å². The molecule has 0 saturated heterocycles. The number of hydrogen-bond donors (Lipinski definition) is 1. The highest BCUT2D eigenvalue weighted by molar-refractivity contribution is 5.70. The predicted molar refractivity (Wildman–Crippen MR) is 90.7 cm³/mol. The highest BCUT2D eigenvalue weighted by Crippen LogP contribution is 2.29. The van der Waals surface area contributed by atoms with Gasteiger partial charge in [-0.1, -0.05) is 48.5 Å². The molecule has 1 N–H and O–H groups in total. The van der Waals surface area contributed by atoms with Crippen LogP contribution in [0.2, 0.25) is 0 Å². The zero-order chi connectivity index (χ0) is 17.9. The van der Waals surface area contributed by atoms with Gasteiger partial charge in [0.15, 0.2) is 0 Å². The van der Waals surface area contributed by atoms with Gasteiger partial charge in [-0.3, -0.25) is 0 Å². The summed E-state index contributed by atoms with van der Waals surface area (Å²) >= 11 is 0. The van der Waals surface area contributed by atoms with Gasteiger partial charge in [-0.05, 0) is 29.8 Å². The van der Waals surface area contributed by atoms with E-state index in [2.05, 4.69) is 9.97 Å². The standard InChI is InChI=1S/C19H13F3N2O/c20-19(21,22)15-9-6-13(7-10-15)8-11-16-12-17(24-18(25)23-16)14-4-2-1-3-5-14/h1-12H,(H,23,24,25). The van der Waals surface area contributed by atoms with Crippen molar-refractivity contribution in [3.63, 3.8) is 0 Å². The van der Waals surface area contributed by atoms with E-state index < -0.39 is 17.4 Å². The lowest BCUT2D eigenvalue weighted by Gasteiger charge is -2.06. The van der Waals surface area contributed by atoms with Crippen molar-refractivity contribution in [2.75, 3.05) is 0 Å². The van der Waals surface area contributed by atoms with E-state index >= 15 is 0 Å². The van der Waals surface area contributed by atoms with E-state index in [1.807, 2.05) is 30.3 Å². The highest BCUT2D eigenvalue weighted by atomic mass is 19.4. The molecule has 3 aromatic rings. The smallest absolute Gasteiger partial charge is 0.306 e. The first-order valence-corrected chi connectivity index (χ1v) is 7.44. The van der Waals surface area contributed by atoms with Crippen LogP contribution in [0.1, 0.15) is 16.8 Å². The number of rotatable bonds is 3. The first kappa shape index (κ1) is 16.7. The molecule has 0 aliphatic rings. The Bertz CT molecular complexity index is 943. The van der Waals surface area contributed by atoms with Crippen LogP contribution in [0.3, 0.4) is 0 Å². The van der Waals surface area contributed by atoms with Crippen molar-refractivity contribution in [3.05, 3.63) is 88.0 Å². The van der Waals surface area contributed by atoms with Gasteiger partial charge < -0.3 is 4.98 Å². The summed E-state index contributed by atoms with van der Waals surface area (Å²) in [5, 5.41) is 0. The maximum Gasteiger partial charge on any atom is 0.416 e. The number of aromatic amines is 1. The van der Waals surface area contributed by atoms with Crippen molar-refractivity contribution in [2.45, 2.75) is 6.18 Å². The fourth-order valence-corrected chi connectivity index (χ4v) is 2.29. The number of aromatic nitrogens is 2. The second-order valence-corrected chi connectivity index (χ2v) is 5.35. The number of nitrogens with one attached hydrogen (secondary N) is 1. The lowest BCUT2D eigenvalue weighted by Crippen LogP contribution is -2.12. The molecule has 0 atom stereocenters. The largest absolute Gasteiger partial charge is 0.416 e. The van der Waals surface area contributed by atoms with E-state index in [9.17, 15) is 18.0 Å². The molecule has 3 rings (SSSR count). The number of halogens is 3. The van der Waals surface area contributed by atoms with Gasteiger partial charge in [0.05, 0.1) is 11.3 Å². The SMILES string of the molecule is O=c1nc(-c2ccccc2)cc(C=Cc2ccc(C(F)(F)F)cc2)[nH]1. The van der Waals surface area contributed by atoms with Crippen LogP contribution in [0.25, 0.3) is 23.4 Å². The molecule has 1 heterocycles. The Morgan fingerprint density at radius 2 is 1.60 bits per heavy atom. The molecule has 0 saturated carbocycles. The average molecular weight is 342 g/mol. The Kier molecular flexibility index (Phi) is 4.52. The van der Waals surface area contributed by atoms with Crippen molar-refractivity contribution >= 4 is 12.2 Å². The summed E-state index contributed by atoms with van der Waals surface area (Å²) in [5.74, 6) is 0. The van der Waals surface area contributed by atoms with Crippen molar-refractivity contribution in [2.24, 2.45) is 0 Å². The van der Waals surface area contributed by atoms with Crippen LogP contribution in [0.5, 0.6) is 0 Å². The molecule has 0 spiro atoms. The molecular weight excluding hydrogens is 329 g/mol. The number of hydrogen-bond acceptors (Lipinski definition) is 2. The quantitative estimate of drug-likeness (QED) is 0.754. The third-order valence-corrected chi connectivity index (χ3v) is 3.53. The number of nitrogens with zero attached hydrogens (tertiary/aromatic N) is 1. The second kappa shape index (κ2) is 6.76. The first-order chi connectivity index (χ1) is 11.9. The van der Waals surface area contributed by atoms with Crippen molar-refractivity contribution < 1.29 is 13.2 Å². The molecule has 0 amide bonds. The van der Waals surface area contributed by atoms with Crippen LogP contribution < -0.4 is 5.69 Å². The van der Waals surface area contributed by atoms with Gasteiger partial charge in [-0.25, -0.2) is 4.79 Å². The maximum atomic E-state index is 12.6. The lowest BCUT2D eigenvalue weighted by molar-refractivity contribution is -0.137. The molecular formula is C19H13F3N2O. The number of alkyl halides is 3.